The van der Waals surface area contributed by atoms with Crippen molar-refractivity contribution >= 4 is 39.8 Å². The molecule has 0 bridgehead atoms. The molecule has 0 unspecified atom stereocenters. The number of hydrogen-bond donors (Lipinski definition) is 0. The van der Waals surface area contributed by atoms with Gasteiger partial charge in [-0.3, -0.25) is 14.5 Å². The Morgan fingerprint density at radius 3 is 1.69 bits per heavy atom. The molecule has 5 nitrogen and oxygen atoms in total. The third-order valence-corrected chi connectivity index (χ3v) is 1.52. The van der Waals surface area contributed by atoms with Crippen LogP contribution in [0.1, 0.15) is 20.8 Å². The van der Waals surface area contributed by atoms with Crippen LogP contribution in [0, 0.1) is 0 Å². The highest BCUT2D eigenvalue weighted by Crippen LogP contribution is 2.10. The summed E-state index contributed by atoms with van der Waals surface area (Å²) >= 11 is 10.3. The molecule has 0 N–H and O–H groups in total. The van der Waals surface area contributed by atoms with Gasteiger partial charge >= 0.3 is 6.09 Å². The number of hydrogen-bond acceptors (Lipinski definition) is 4. The number of halogens is 2. The quantitative estimate of drug-likeness (QED) is 0.730. The van der Waals surface area contributed by atoms with Crippen LogP contribution < -0.4 is 0 Å². The molecule has 0 aromatic heterocycles. The summed E-state index contributed by atoms with van der Waals surface area (Å²) in [5.41, 5.74) is -0.722. The van der Waals surface area contributed by atoms with Gasteiger partial charge in [-0.15, -0.1) is 0 Å². The Morgan fingerprint density at radius 1 is 1.06 bits per heavy atom. The smallest absolute Gasteiger partial charge is 0.411 e. The van der Waals surface area contributed by atoms with E-state index >= 15 is 0 Å². The second kappa shape index (κ2) is 6.06. The first-order valence-corrected chi connectivity index (χ1v) is 5.22. The first kappa shape index (κ1) is 15.2. The molecular formula is C9H13Cl2NO4. The van der Waals surface area contributed by atoms with Crippen LogP contribution in [-0.4, -0.2) is 40.2 Å². The van der Waals surface area contributed by atoms with Crippen molar-refractivity contribution < 1.29 is 19.1 Å². The van der Waals surface area contributed by atoms with Gasteiger partial charge in [-0.2, -0.15) is 0 Å². The maximum atomic E-state index is 11.5. The van der Waals surface area contributed by atoms with Crippen LogP contribution in [0.25, 0.3) is 0 Å². The van der Waals surface area contributed by atoms with E-state index in [2.05, 4.69) is 0 Å². The van der Waals surface area contributed by atoms with E-state index in [9.17, 15) is 14.4 Å². The minimum atomic E-state index is -0.810. The van der Waals surface area contributed by atoms with Crippen molar-refractivity contribution in [1.82, 2.24) is 4.90 Å². The molecule has 0 aromatic carbocycles. The van der Waals surface area contributed by atoms with Gasteiger partial charge in [0, 0.05) is 0 Å². The molecule has 0 rings (SSSR count). The second-order valence-electron chi connectivity index (χ2n) is 4.05. The highest BCUT2D eigenvalue weighted by Gasteiger charge is 2.24. The molecule has 0 aliphatic heterocycles. The molecule has 0 saturated heterocycles. The molecule has 0 spiro atoms. The van der Waals surface area contributed by atoms with Crippen molar-refractivity contribution in [2.45, 2.75) is 26.4 Å². The van der Waals surface area contributed by atoms with Crippen molar-refractivity contribution in [3.05, 3.63) is 0 Å². The summed E-state index contributed by atoms with van der Waals surface area (Å²) in [6.45, 7) is 4.14. The molecule has 0 radical (unpaired) electrons. The molecule has 0 heterocycles. The molecule has 0 atom stereocenters. The van der Waals surface area contributed by atoms with Gasteiger partial charge in [-0.25, -0.2) is 4.79 Å². The van der Waals surface area contributed by atoms with Crippen LogP contribution in [0.4, 0.5) is 4.79 Å². The van der Waals surface area contributed by atoms with E-state index in [-0.39, 0.29) is 0 Å². The molecule has 0 aromatic rings. The van der Waals surface area contributed by atoms with E-state index in [0.29, 0.717) is 0 Å². The van der Waals surface area contributed by atoms with Gasteiger partial charge < -0.3 is 4.74 Å². The highest BCUT2D eigenvalue weighted by molar-refractivity contribution is 6.65. The summed E-state index contributed by atoms with van der Waals surface area (Å²) in [6.07, 6.45) is -0.810. The lowest BCUT2D eigenvalue weighted by Gasteiger charge is -2.25. The van der Waals surface area contributed by atoms with E-state index in [4.69, 9.17) is 27.9 Å². The maximum Gasteiger partial charge on any atom is 0.411 e. The molecule has 0 aliphatic carbocycles. The zero-order valence-electron chi connectivity index (χ0n) is 9.25. The Kier molecular flexibility index (Phi) is 5.75. The van der Waals surface area contributed by atoms with Crippen LogP contribution in [0.3, 0.4) is 0 Å². The number of nitrogens with zero attached hydrogens (tertiary/aromatic N) is 1. The lowest BCUT2D eigenvalue weighted by Crippen LogP contribution is -2.41. The number of rotatable bonds is 4. The molecule has 7 heteroatoms. The van der Waals surface area contributed by atoms with E-state index in [1.165, 1.54) is 0 Å². The first-order valence-electron chi connectivity index (χ1n) is 4.46. The largest absolute Gasteiger partial charge is 0.444 e. The molecule has 1 amide bonds. The molecule has 0 aliphatic rings. The third kappa shape index (κ3) is 7.48. The highest BCUT2D eigenvalue weighted by atomic mass is 35.5. The topological polar surface area (TPSA) is 63.7 Å². The Labute approximate surface area is 104 Å². The Balaban J connectivity index is 4.56. The van der Waals surface area contributed by atoms with Gasteiger partial charge in [-0.1, -0.05) is 0 Å². The minimum absolute atomic E-state index is 0.422. The molecular weight excluding hydrogens is 257 g/mol. The number of ether oxygens (including phenoxy) is 1. The van der Waals surface area contributed by atoms with Crippen LogP contribution in [0.5, 0.6) is 0 Å². The van der Waals surface area contributed by atoms with Crippen molar-refractivity contribution in [3.63, 3.8) is 0 Å². The normalized spacial score (nSPS) is 10.8. The molecule has 16 heavy (non-hydrogen) atoms. The number of carbonyl (C=O) groups is 3. The summed E-state index contributed by atoms with van der Waals surface area (Å²) in [7, 11) is 0. The van der Waals surface area contributed by atoms with Gasteiger partial charge in [0.25, 0.3) is 0 Å². The van der Waals surface area contributed by atoms with Gasteiger partial charge in [0.05, 0.1) is 13.1 Å². The standard InChI is InChI=1S/C9H13Cl2NO4/c1-9(2,3)16-8(15)12(4-6(10)13)5-7(11)14/h4-5H2,1-3H3. The molecule has 0 fully saturated rings. The van der Waals surface area contributed by atoms with Crippen molar-refractivity contribution in [3.8, 4) is 0 Å². The zero-order chi connectivity index (χ0) is 12.9. The Bertz CT molecular complexity index is 282. The summed E-state index contributed by atoms with van der Waals surface area (Å²) in [6, 6.07) is 0. The minimum Gasteiger partial charge on any atom is -0.444 e. The lowest BCUT2D eigenvalue weighted by atomic mass is 10.2. The average Bonchev–Trinajstić information content (AvgIpc) is 1.97. The summed E-state index contributed by atoms with van der Waals surface area (Å²) < 4.78 is 4.97. The summed E-state index contributed by atoms with van der Waals surface area (Å²) in [5.74, 6) is 0. The second-order valence-corrected chi connectivity index (χ2v) is 4.89. The number of amides is 1. The van der Waals surface area contributed by atoms with E-state index < -0.39 is 35.3 Å². The fourth-order valence-electron chi connectivity index (χ4n) is 0.812. The first-order chi connectivity index (χ1) is 7.11. The molecule has 0 saturated carbocycles. The predicted molar refractivity (Wildman–Crippen MR) is 59.5 cm³/mol. The van der Waals surface area contributed by atoms with Crippen LogP contribution in [-0.2, 0) is 14.3 Å². The fraction of sp³-hybridized carbons (Fsp3) is 0.667. The Hall–Kier alpha value is -0.810. The maximum absolute atomic E-state index is 11.5. The fourth-order valence-corrected chi connectivity index (χ4v) is 1.10. The van der Waals surface area contributed by atoms with Gasteiger partial charge in [-0.05, 0) is 44.0 Å². The third-order valence-electron chi connectivity index (χ3n) is 1.28. The SMILES string of the molecule is CC(C)(C)OC(=O)N(CC(=O)Cl)CC(=O)Cl. The van der Waals surface area contributed by atoms with Crippen LogP contribution in [0.2, 0.25) is 0 Å². The summed E-state index contributed by atoms with van der Waals surface area (Å²) in [4.78, 5) is 33.7. The molecule has 92 valence electrons. The number of carbonyl (C=O) groups excluding carboxylic acids is 3. The van der Waals surface area contributed by atoms with E-state index in [1.807, 2.05) is 0 Å². The van der Waals surface area contributed by atoms with Crippen molar-refractivity contribution in [1.29, 1.82) is 0 Å². The predicted octanol–water partition coefficient (Wildman–Crippen LogP) is 1.75. The van der Waals surface area contributed by atoms with E-state index in [0.717, 1.165) is 4.90 Å². The zero-order valence-corrected chi connectivity index (χ0v) is 10.8. The monoisotopic (exact) mass is 269 g/mol. The summed E-state index contributed by atoms with van der Waals surface area (Å²) in [5, 5.41) is -1.55. The van der Waals surface area contributed by atoms with Gasteiger partial charge in [0.2, 0.25) is 10.5 Å². The van der Waals surface area contributed by atoms with Crippen LogP contribution >= 0.6 is 23.2 Å². The van der Waals surface area contributed by atoms with E-state index in [1.54, 1.807) is 20.8 Å². The van der Waals surface area contributed by atoms with Crippen LogP contribution in [0.15, 0.2) is 0 Å². The lowest BCUT2D eigenvalue weighted by molar-refractivity contribution is -0.115. The van der Waals surface area contributed by atoms with Gasteiger partial charge in [0.1, 0.15) is 5.60 Å². The van der Waals surface area contributed by atoms with Crippen molar-refractivity contribution in [2.75, 3.05) is 13.1 Å². The van der Waals surface area contributed by atoms with Gasteiger partial charge in [0.15, 0.2) is 0 Å². The average molecular weight is 270 g/mol. The Morgan fingerprint density at radius 2 is 1.44 bits per heavy atom. The van der Waals surface area contributed by atoms with Crippen molar-refractivity contribution in [2.24, 2.45) is 0 Å².